The van der Waals surface area contributed by atoms with Gasteiger partial charge in [0.2, 0.25) is 5.91 Å². The van der Waals surface area contributed by atoms with Crippen molar-refractivity contribution in [2.24, 2.45) is 0 Å². The summed E-state index contributed by atoms with van der Waals surface area (Å²) in [6.07, 6.45) is 7.31. The summed E-state index contributed by atoms with van der Waals surface area (Å²) >= 11 is 1.73. The molecule has 1 saturated carbocycles. The van der Waals surface area contributed by atoms with Crippen molar-refractivity contribution in [2.75, 3.05) is 19.1 Å². The molecule has 0 spiro atoms. The highest BCUT2D eigenvalue weighted by molar-refractivity contribution is 7.98. The lowest BCUT2D eigenvalue weighted by Crippen LogP contribution is -2.41. The third kappa shape index (κ3) is 4.89. The maximum Gasteiger partial charge on any atom is 0.221 e. The number of thioether (sulfide) groups is 1. The summed E-state index contributed by atoms with van der Waals surface area (Å²) in [6, 6.07) is 1.08. The monoisotopic (exact) mass is 230 g/mol. The van der Waals surface area contributed by atoms with E-state index in [1.807, 2.05) is 13.3 Å². The molecule has 0 aliphatic heterocycles. The van der Waals surface area contributed by atoms with Crippen LogP contribution in [-0.2, 0) is 4.79 Å². The van der Waals surface area contributed by atoms with Crippen LogP contribution in [0.15, 0.2) is 0 Å². The summed E-state index contributed by atoms with van der Waals surface area (Å²) in [6.45, 7) is 0. The zero-order chi connectivity index (χ0) is 11.1. The van der Waals surface area contributed by atoms with Crippen LogP contribution in [0.3, 0.4) is 0 Å². The first-order valence-corrected chi connectivity index (χ1v) is 7.11. The Balaban J connectivity index is 2.15. The Labute approximate surface area is 96.8 Å². The van der Waals surface area contributed by atoms with Crippen LogP contribution in [0.4, 0.5) is 0 Å². The lowest BCUT2D eigenvalue weighted by molar-refractivity contribution is -0.121. The predicted octanol–water partition coefficient (Wildman–Crippen LogP) is 1.39. The molecule has 0 radical (unpaired) electrons. The Morgan fingerprint density at radius 2 is 1.87 bits per heavy atom. The molecule has 1 aliphatic rings. The Morgan fingerprint density at radius 1 is 1.27 bits per heavy atom. The smallest absolute Gasteiger partial charge is 0.221 e. The van der Waals surface area contributed by atoms with Crippen molar-refractivity contribution in [1.29, 1.82) is 0 Å². The van der Waals surface area contributed by atoms with E-state index in [9.17, 15) is 4.79 Å². The molecule has 0 atom stereocenters. The zero-order valence-electron chi connectivity index (χ0n) is 9.71. The van der Waals surface area contributed by atoms with E-state index in [0.29, 0.717) is 18.5 Å². The van der Waals surface area contributed by atoms with Crippen molar-refractivity contribution in [3.05, 3.63) is 0 Å². The summed E-state index contributed by atoms with van der Waals surface area (Å²) < 4.78 is 0. The van der Waals surface area contributed by atoms with Crippen LogP contribution in [0, 0.1) is 0 Å². The van der Waals surface area contributed by atoms with Gasteiger partial charge in [0.05, 0.1) is 0 Å². The second-order valence-electron chi connectivity index (χ2n) is 4.15. The van der Waals surface area contributed by atoms with Gasteiger partial charge in [0, 0.05) is 24.3 Å². The highest BCUT2D eigenvalue weighted by atomic mass is 32.2. The molecule has 0 saturated heterocycles. The van der Waals surface area contributed by atoms with Crippen LogP contribution < -0.4 is 10.6 Å². The number of amides is 1. The molecule has 0 aromatic rings. The van der Waals surface area contributed by atoms with E-state index >= 15 is 0 Å². The first kappa shape index (κ1) is 12.8. The SMILES string of the molecule is CNC1CCC(NC(=O)CCSC)CC1. The van der Waals surface area contributed by atoms with E-state index in [1.54, 1.807) is 11.8 Å². The minimum Gasteiger partial charge on any atom is -0.353 e. The van der Waals surface area contributed by atoms with Crippen molar-refractivity contribution < 1.29 is 4.79 Å². The van der Waals surface area contributed by atoms with Gasteiger partial charge in [-0.05, 0) is 39.0 Å². The number of hydrogen-bond acceptors (Lipinski definition) is 3. The van der Waals surface area contributed by atoms with Crippen molar-refractivity contribution >= 4 is 17.7 Å². The van der Waals surface area contributed by atoms with Crippen LogP contribution >= 0.6 is 11.8 Å². The normalized spacial score (nSPS) is 26.3. The number of rotatable bonds is 5. The Kier molecular flexibility index (Phi) is 6.10. The number of carbonyl (C=O) groups is 1. The molecule has 2 N–H and O–H groups in total. The fourth-order valence-electron chi connectivity index (χ4n) is 2.02. The van der Waals surface area contributed by atoms with E-state index in [4.69, 9.17) is 0 Å². The van der Waals surface area contributed by atoms with Gasteiger partial charge in [0.25, 0.3) is 0 Å². The van der Waals surface area contributed by atoms with Gasteiger partial charge in [-0.15, -0.1) is 0 Å². The third-order valence-electron chi connectivity index (χ3n) is 3.03. The summed E-state index contributed by atoms with van der Waals surface area (Å²) in [4.78, 5) is 11.5. The van der Waals surface area contributed by atoms with Gasteiger partial charge in [-0.25, -0.2) is 0 Å². The molecule has 0 unspecified atom stereocenters. The van der Waals surface area contributed by atoms with E-state index in [2.05, 4.69) is 10.6 Å². The van der Waals surface area contributed by atoms with Gasteiger partial charge in [-0.2, -0.15) is 11.8 Å². The van der Waals surface area contributed by atoms with Gasteiger partial charge >= 0.3 is 0 Å². The summed E-state index contributed by atoms with van der Waals surface area (Å²) in [5, 5.41) is 6.41. The fourth-order valence-corrected chi connectivity index (χ4v) is 2.41. The van der Waals surface area contributed by atoms with Crippen LogP contribution in [-0.4, -0.2) is 37.0 Å². The molecular weight excluding hydrogens is 208 g/mol. The average molecular weight is 230 g/mol. The van der Waals surface area contributed by atoms with Gasteiger partial charge in [-0.3, -0.25) is 4.79 Å². The molecule has 0 aromatic carbocycles. The maximum atomic E-state index is 11.5. The second-order valence-corrected chi connectivity index (χ2v) is 5.13. The third-order valence-corrected chi connectivity index (χ3v) is 3.65. The molecule has 4 heteroatoms. The molecule has 3 nitrogen and oxygen atoms in total. The van der Waals surface area contributed by atoms with E-state index < -0.39 is 0 Å². The van der Waals surface area contributed by atoms with Crippen molar-refractivity contribution in [3.63, 3.8) is 0 Å². The largest absolute Gasteiger partial charge is 0.353 e. The summed E-state index contributed by atoms with van der Waals surface area (Å²) in [5.41, 5.74) is 0. The summed E-state index contributed by atoms with van der Waals surface area (Å²) in [7, 11) is 2.02. The first-order valence-electron chi connectivity index (χ1n) is 5.71. The van der Waals surface area contributed by atoms with Crippen LogP contribution in [0.25, 0.3) is 0 Å². The quantitative estimate of drug-likeness (QED) is 0.750. The van der Waals surface area contributed by atoms with E-state index in [-0.39, 0.29) is 5.91 Å². The molecule has 0 aromatic heterocycles. The lowest BCUT2D eigenvalue weighted by atomic mass is 9.91. The lowest BCUT2D eigenvalue weighted by Gasteiger charge is -2.28. The van der Waals surface area contributed by atoms with Crippen molar-refractivity contribution in [2.45, 2.75) is 44.2 Å². The van der Waals surface area contributed by atoms with Gasteiger partial charge in [0.15, 0.2) is 0 Å². The summed E-state index contributed by atoms with van der Waals surface area (Å²) in [5.74, 6) is 1.15. The average Bonchev–Trinajstić information content (AvgIpc) is 2.27. The van der Waals surface area contributed by atoms with E-state index in [1.165, 1.54) is 12.8 Å². The second kappa shape index (κ2) is 7.12. The number of nitrogens with one attached hydrogen (secondary N) is 2. The molecule has 15 heavy (non-hydrogen) atoms. The van der Waals surface area contributed by atoms with Crippen molar-refractivity contribution in [3.8, 4) is 0 Å². The van der Waals surface area contributed by atoms with Crippen LogP contribution in [0.1, 0.15) is 32.1 Å². The molecule has 1 amide bonds. The topological polar surface area (TPSA) is 41.1 Å². The van der Waals surface area contributed by atoms with Crippen molar-refractivity contribution in [1.82, 2.24) is 10.6 Å². The minimum atomic E-state index is 0.220. The minimum absolute atomic E-state index is 0.220. The van der Waals surface area contributed by atoms with Gasteiger partial charge in [0.1, 0.15) is 0 Å². The Bertz CT molecular complexity index is 191. The van der Waals surface area contributed by atoms with Gasteiger partial charge in [-0.1, -0.05) is 0 Å². The Hall–Kier alpha value is -0.220. The van der Waals surface area contributed by atoms with Crippen LogP contribution in [0.2, 0.25) is 0 Å². The zero-order valence-corrected chi connectivity index (χ0v) is 10.5. The molecule has 1 fully saturated rings. The predicted molar refractivity (Wildman–Crippen MR) is 66.2 cm³/mol. The van der Waals surface area contributed by atoms with E-state index in [0.717, 1.165) is 18.6 Å². The molecule has 88 valence electrons. The molecule has 1 aliphatic carbocycles. The number of carbonyl (C=O) groups excluding carboxylic acids is 1. The molecular formula is C11H22N2OS. The highest BCUT2D eigenvalue weighted by Crippen LogP contribution is 2.18. The molecule has 0 heterocycles. The van der Waals surface area contributed by atoms with Crippen LogP contribution in [0.5, 0.6) is 0 Å². The highest BCUT2D eigenvalue weighted by Gasteiger charge is 2.20. The maximum absolute atomic E-state index is 11.5. The molecule has 1 rings (SSSR count). The standard InChI is InChI=1S/C11H22N2OS/c1-12-9-3-5-10(6-4-9)13-11(14)7-8-15-2/h9-10,12H,3-8H2,1-2H3,(H,13,14). The molecule has 0 bridgehead atoms. The Morgan fingerprint density at radius 3 is 2.40 bits per heavy atom. The van der Waals surface area contributed by atoms with Gasteiger partial charge < -0.3 is 10.6 Å². The first-order chi connectivity index (χ1) is 7.26. The fraction of sp³-hybridized carbons (Fsp3) is 0.909. The number of hydrogen-bond donors (Lipinski definition) is 2.